The van der Waals surface area contributed by atoms with E-state index in [0.29, 0.717) is 10.0 Å². The summed E-state index contributed by atoms with van der Waals surface area (Å²) >= 11 is 3.19. The molecule has 0 saturated carbocycles. The fraction of sp³-hybridized carbons (Fsp3) is 0.0370. The van der Waals surface area contributed by atoms with Crippen molar-refractivity contribution in [2.24, 2.45) is 0 Å². The molecule has 35 heavy (non-hydrogen) atoms. The molecule has 0 spiro atoms. The molecule has 4 rings (SSSR count). The van der Waals surface area contributed by atoms with Crippen molar-refractivity contribution in [2.75, 3.05) is 10.6 Å². The van der Waals surface area contributed by atoms with E-state index in [1.165, 1.54) is 18.2 Å². The number of carbonyl (C=O) groups is 2. The Bertz CT molecular complexity index is 1430. The lowest BCUT2D eigenvalue weighted by Gasteiger charge is -2.12. The number of nitro groups is 1. The van der Waals surface area contributed by atoms with Crippen LogP contribution in [0.15, 0.2) is 95.5 Å². The summed E-state index contributed by atoms with van der Waals surface area (Å²) in [5.41, 5.74) is 3.92. The maximum Gasteiger partial charge on any atom is 0.293 e. The van der Waals surface area contributed by atoms with Crippen LogP contribution >= 0.6 is 15.9 Å². The van der Waals surface area contributed by atoms with Crippen LogP contribution in [-0.4, -0.2) is 16.7 Å². The van der Waals surface area contributed by atoms with Crippen LogP contribution in [0.5, 0.6) is 0 Å². The predicted octanol–water partition coefficient (Wildman–Crippen LogP) is 6.84. The Labute approximate surface area is 210 Å². The molecule has 0 radical (unpaired) electrons. The van der Waals surface area contributed by atoms with Crippen LogP contribution in [0.1, 0.15) is 26.3 Å². The van der Waals surface area contributed by atoms with Crippen LogP contribution in [-0.2, 0) is 0 Å². The van der Waals surface area contributed by atoms with Crippen molar-refractivity contribution in [1.29, 1.82) is 0 Å². The summed E-state index contributed by atoms with van der Waals surface area (Å²) in [5.74, 6) is -0.961. The highest BCUT2D eigenvalue weighted by Crippen LogP contribution is 2.29. The van der Waals surface area contributed by atoms with E-state index >= 15 is 0 Å². The number of halogens is 1. The number of benzene rings is 4. The maximum atomic E-state index is 12.9. The van der Waals surface area contributed by atoms with Gasteiger partial charge in [0.2, 0.25) is 0 Å². The second-order valence-corrected chi connectivity index (χ2v) is 8.68. The first kappa shape index (κ1) is 23.8. The van der Waals surface area contributed by atoms with Gasteiger partial charge in [-0.1, -0.05) is 64.5 Å². The maximum absolute atomic E-state index is 12.9. The van der Waals surface area contributed by atoms with Crippen molar-refractivity contribution < 1.29 is 14.5 Å². The van der Waals surface area contributed by atoms with E-state index in [1.807, 2.05) is 43.3 Å². The first-order valence-corrected chi connectivity index (χ1v) is 11.4. The fourth-order valence-electron chi connectivity index (χ4n) is 3.63. The number of nitro benzene ring substituents is 1. The molecule has 0 heterocycles. The monoisotopic (exact) mass is 529 g/mol. The number of nitrogens with one attached hydrogen (secondary N) is 2. The van der Waals surface area contributed by atoms with Crippen LogP contribution in [0, 0.1) is 17.0 Å². The summed E-state index contributed by atoms with van der Waals surface area (Å²) < 4.78 is 0.517. The van der Waals surface area contributed by atoms with Gasteiger partial charge in [0.25, 0.3) is 17.5 Å². The Morgan fingerprint density at radius 2 is 1.46 bits per heavy atom. The van der Waals surface area contributed by atoms with E-state index in [4.69, 9.17) is 0 Å². The van der Waals surface area contributed by atoms with Gasteiger partial charge in [0.15, 0.2) is 0 Å². The predicted molar refractivity (Wildman–Crippen MR) is 140 cm³/mol. The van der Waals surface area contributed by atoms with Crippen molar-refractivity contribution >= 4 is 44.8 Å². The Hall–Kier alpha value is -4.30. The molecule has 0 atom stereocenters. The highest BCUT2D eigenvalue weighted by molar-refractivity contribution is 9.10. The van der Waals surface area contributed by atoms with E-state index in [0.717, 1.165) is 16.7 Å². The minimum absolute atomic E-state index is 0.0520. The van der Waals surface area contributed by atoms with E-state index in [-0.39, 0.29) is 28.5 Å². The number of anilines is 2. The molecule has 0 aliphatic rings. The molecule has 0 aliphatic carbocycles. The first-order chi connectivity index (χ1) is 16.8. The zero-order chi connectivity index (χ0) is 24.9. The summed E-state index contributed by atoms with van der Waals surface area (Å²) in [6, 6.07) is 26.0. The third kappa shape index (κ3) is 5.44. The molecule has 0 unspecified atom stereocenters. The molecule has 7 nitrogen and oxygen atoms in total. The number of amides is 2. The Kier molecular flexibility index (Phi) is 7.03. The van der Waals surface area contributed by atoms with E-state index < -0.39 is 10.8 Å². The number of hydrogen-bond donors (Lipinski definition) is 2. The van der Waals surface area contributed by atoms with Gasteiger partial charge in [0.05, 0.1) is 16.2 Å². The van der Waals surface area contributed by atoms with Gasteiger partial charge < -0.3 is 10.6 Å². The van der Waals surface area contributed by atoms with Gasteiger partial charge in [-0.2, -0.15) is 0 Å². The lowest BCUT2D eigenvalue weighted by Crippen LogP contribution is -2.18. The number of nitrogens with zero attached hydrogens (tertiary/aromatic N) is 1. The SMILES string of the molecule is Cc1ccccc1-c1ccc(C(=O)Nc2ccccc2C(=O)Nc2ccc(Br)cc2[N+](=O)[O-])cc1. The molecule has 4 aromatic rings. The molecule has 174 valence electrons. The number of rotatable bonds is 6. The molecule has 8 heteroatoms. The quantitative estimate of drug-likeness (QED) is 0.211. The third-order valence-corrected chi connectivity index (χ3v) is 5.92. The number of hydrogen-bond acceptors (Lipinski definition) is 4. The number of aryl methyl sites for hydroxylation is 1. The normalized spacial score (nSPS) is 10.5. The van der Waals surface area contributed by atoms with E-state index in [1.54, 1.807) is 36.4 Å². The Morgan fingerprint density at radius 3 is 2.17 bits per heavy atom. The van der Waals surface area contributed by atoms with Crippen LogP contribution in [0.25, 0.3) is 11.1 Å². The topological polar surface area (TPSA) is 101 Å². The number of carbonyl (C=O) groups excluding carboxylic acids is 2. The standard InChI is InChI=1S/C27H20BrN3O4/c1-17-6-2-3-7-21(17)18-10-12-19(13-11-18)26(32)29-23-9-5-4-8-22(23)27(33)30-24-15-14-20(28)16-25(24)31(34)35/h2-16H,1H3,(H,29,32)(H,30,33). The summed E-state index contributed by atoms with van der Waals surface area (Å²) in [5, 5.41) is 16.7. The third-order valence-electron chi connectivity index (χ3n) is 5.43. The molecule has 0 bridgehead atoms. The molecule has 0 fully saturated rings. The fourth-order valence-corrected chi connectivity index (χ4v) is 3.98. The van der Waals surface area contributed by atoms with Crippen LogP contribution in [0.4, 0.5) is 17.1 Å². The van der Waals surface area contributed by atoms with Crippen LogP contribution < -0.4 is 10.6 Å². The lowest BCUT2D eigenvalue weighted by atomic mass is 9.99. The van der Waals surface area contributed by atoms with E-state index in [2.05, 4.69) is 26.6 Å². The van der Waals surface area contributed by atoms with Crippen molar-refractivity contribution in [1.82, 2.24) is 0 Å². The van der Waals surface area contributed by atoms with Crippen molar-refractivity contribution in [2.45, 2.75) is 6.92 Å². The second-order valence-electron chi connectivity index (χ2n) is 7.76. The molecule has 0 saturated heterocycles. The zero-order valence-electron chi connectivity index (χ0n) is 18.6. The smallest absolute Gasteiger partial charge is 0.293 e. The van der Waals surface area contributed by atoms with Gasteiger partial charge in [-0.25, -0.2) is 0 Å². The summed E-state index contributed by atoms with van der Waals surface area (Å²) in [6.45, 7) is 2.03. The zero-order valence-corrected chi connectivity index (χ0v) is 20.2. The van der Waals surface area contributed by atoms with Crippen molar-refractivity contribution in [3.8, 4) is 11.1 Å². The van der Waals surface area contributed by atoms with Gasteiger partial charge in [0, 0.05) is 16.1 Å². The second kappa shape index (κ2) is 10.3. The Morgan fingerprint density at radius 1 is 0.800 bits per heavy atom. The molecular weight excluding hydrogens is 510 g/mol. The van der Waals surface area contributed by atoms with Gasteiger partial charge >= 0.3 is 0 Å². The Balaban J connectivity index is 1.54. The molecular formula is C27H20BrN3O4. The minimum Gasteiger partial charge on any atom is -0.321 e. The minimum atomic E-state index is -0.582. The average molecular weight is 530 g/mol. The largest absolute Gasteiger partial charge is 0.321 e. The summed E-state index contributed by atoms with van der Waals surface area (Å²) in [4.78, 5) is 36.7. The molecule has 4 aromatic carbocycles. The highest BCUT2D eigenvalue weighted by atomic mass is 79.9. The van der Waals surface area contributed by atoms with Gasteiger partial charge in [-0.15, -0.1) is 0 Å². The van der Waals surface area contributed by atoms with Gasteiger partial charge in [-0.3, -0.25) is 19.7 Å². The average Bonchev–Trinajstić information content (AvgIpc) is 2.85. The molecule has 0 aromatic heterocycles. The number of para-hydroxylation sites is 1. The lowest BCUT2D eigenvalue weighted by molar-refractivity contribution is -0.384. The summed E-state index contributed by atoms with van der Waals surface area (Å²) in [6.07, 6.45) is 0. The van der Waals surface area contributed by atoms with E-state index in [9.17, 15) is 19.7 Å². The molecule has 2 amide bonds. The van der Waals surface area contributed by atoms with Crippen LogP contribution in [0.3, 0.4) is 0 Å². The first-order valence-electron chi connectivity index (χ1n) is 10.7. The van der Waals surface area contributed by atoms with Crippen LogP contribution in [0.2, 0.25) is 0 Å². The summed E-state index contributed by atoms with van der Waals surface area (Å²) in [7, 11) is 0. The van der Waals surface area contributed by atoms with Crippen molar-refractivity contribution in [3.05, 3.63) is 122 Å². The molecule has 0 aliphatic heterocycles. The van der Waals surface area contributed by atoms with Crippen molar-refractivity contribution in [3.63, 3.8) is 0 Å². The van der Waals surface area contributed by atoms with Gasteiger partial charge in [0.1, 0.15) is 5.69 Å². The molecule has 2 N–H and O–H groups in total. The highest BCUT2D eigenvalue weighted by Gasteiger charge is 2.19. The van der Waals surface area contributed by atoms with Gasteiger partial charge in [-0.05, 0) is 60.0 Å².